The van der Waals surface area contributed by atoms with Gasteiger partial charge in [0.15, 0.2) is 5.82 Å². The van der Waals surface area contributed by atoms with Crippen molar-refractivity contribution in [2.24, 2.45) is 0 Å². The molecule has 0 saturated carbocycles. The first kappa shape index (κ1) is 19.2. The molecule has 7 nitrogen and oxygen atoms in total. The minimum absolute atomic E-state index is 0.299. The van der Waals surface area contributed by atoms with Crippen LogP contribution in [0.4, 0.5) is 5.69 Å². The molecule has 0 aliphatic rings. The standard InChI is InChI=1S/C20H18N4O3S2/c1-2-17-9-12-20(28-17)29(25,26)23-15-5-7-16(8-6-15)27-19-11-10-18(21-22-19)24-13-3-4-14-24/h3-14,23H,2H2,1H3. The van der Waals surface area contributed by atoms with E-state index in [-0.39, 0.29) is 0 Å². The maximum absolute atomic E-state index is 12.5. The number of aromatic nitrogens is 3. The van der Waals surface area contributed by atoms with Crippen LogP contribution in [0.5, 0.6) is 11.6 Å². The molecule has 3 heterocycles. The first-order valence-electron chi connectivity index (χ1n) is 8.90. The number of thiophene rings is 1. The fraction of sp³-hybridized carbons (Fsp3) is 0.100. The van der Waals surface area contributed by atoms with Crippen molar-refractivity contribution < 1.29 is 13.2 Å². The molecular weight excluding hydrogens is 408 g/mol. The van der Waals surface area contributed by atoms with E-state index in [2.05, 4.69) is 14.9 Å². The lowest BCUT2D eigenvalue weighted by molar-refractivity contribution is 0.454. The topological polar surface area (TPSA) is 86.1 Å². The lowest BCUT2D eigenvalue weighted by Crippen LogP contribution is -2.11. The average molecular weight is 427 g/mol. The summed E-state index contributed by atoms with van der Waals surface area (Å²) in [5.41, 5.74) is 0.456. The molecule has 0 radical (unpaired) electrons. The van der Waals surface area contributed by atoms with Crippen LogP contribution in [-0.2, 0) is 16.4 Å². The van der Waals surface area contributed by atoms with E-state index in [0.29, 0.717) is 27.3 Å². The predicted octanol–water partition coefficient (Wildman–Crippen LogP) is 4.48. The number of nitrogens with one attached hydrogen (secondary N) is 1. The smallest absolute Gasteiger partial charge is 0.271 e. The molecule has 1 aromatic carbocycles. The lowest BCUT2D eigenvalue weighted by Gasteiger charge is -2.08. The Hall–Kier alpha value is -3.17. The van der Waals surface area contributed by atoms with Crippen LogP contribution in [0.3, 0.4) is 0 Å². The zero-order chi connectivity index (χ0) is 20.3. The molecule has 0 saturated heterocycles. The molecule has 0 aliphatic heterocycles. The number of hydrogen-bond acceptors (Lipinski definition) is 6. The van der Waals surface area contributed by atoms with Crippen molar-refractivity contribution in [2.75, 3.05) is 4.72 Å². The molecule has 0 bridgehead atoms. The number of rotatable bonds is 7. The van der Waals surface area contributed by atoms with E-state index >= 15 is 0 Å². The first-order chi connectivity index (χ1) is 14.0. The largest absolute Gasteiger partial charge is 0.438 e. The Morgan fingerprint density at radius 1 is 1.00 bits per heavy atom. The normalized spacial score (nSPS) is 11.3. The number of aryl methyl sites for hydroxylation is 1. The second-order valence-corrected chi connectivity index (χ2v) is 9.20. The molecule has 148 valence electrons. The lowest BCUT2D eigenvalue weighted by atomic mass is 10.3. The van der Waals surface area contributed by atoms with Gasteiger partial charge in [-0.05, 0) is 61.0 Å². The predicted molar refractivity (Wildman–Crippen MR) is 112 cm³/mol. The zero-order valence-corrected chi connectivity index (χ0v) is 17.2. The fourth-order valence-corrected chi connectivity index (χ4v) is 4.96. The van der Waals surface area contributed by atoms with Crippen molar-refractivity contribution in [3.05, 3.63) is 77.9 Å². The van der Waals surface area contributed by atoms with Gasteiger partial charge in [0, 0.05) is 29.0 Å². The Morgan fingerprint density at radius 2 is 1.76 bits per heavy atom. The molecular formula is C20H18N4O3S2. The van der Waals surface area contributed by atoms with Crippen LogP contribution in [0.1, 0.15) is 11.8 Å². The van der Waals surface area contributed by atoms with E-state index in [9.17, 15) is 8.42 Å². The Balaban J connectivity index is 1.42. The van der Waals surface area contributed by atoms with E-state index in [0.717, 1.165) is 11.3 Å². The summed E-state index contributed by atoms with van der Waals surface area (Å²) in [7, 11) is -3.60. The molecule has 9 heteroatoms. The molecule has 3 aromatic heterocycles. The van der Waals surface area contributed by atoms with Gasteiger partial charge in [-0.3, -0.25) is 4.72 Å². The van der Waals surface area contributed by atoms with E-state index in [4.69, 9.17) is 4.74 Å². The number of nitrogens with zero attached hydrogens (tertiary/aromatic N) is 3. The summed E-state index contributed by atoms with van der Waals surface area (Å²) in [6.07, 6.45) is 4.56. The number of hydrogen-bond donors (Lipinski definition) is 1. The quantitative estimate of drug-likeness (QED) is 0.471. The summed E-state index contributed by atoms with van der Waals surface area (Å²) < 4.78 is 35.4. The summed E-state index contributed by atoms with van der Waals surface area (Å²) in [4.78, 5) is 1.03. The maximum Gasteiger partial charge on any atom is 0.271 e. The summed E-state index contributed by atoms with van der Waals surface area (Å²) in [5, 5.41) is 8.18. The van der Waals surface area contributed by atoms with Gasteiger partial charge in [-0.1, -0.05) is 6.92 Å². The van der Waals surface area contributed by atoms with Crippen molar-refractivity contribution in [1.82, 2.24) is 14.8 Å². The summed E-state index contributed by atoms with van der Waals surface area (Å²) >= 11 is 1.27. The van der Waals surface area contributed by atoms with Gasteiger partial charge in [-0.2, -0.15) is 0 Å². The Kier molecular flexibility index (Phi) is 5.32. The van der Waals surface area contributed by atoms with Crippen LogP contribution in [0.15, 0.2) is 77.3 Å². The van der Waals surface area contributed by atoms with Gasteiger partial charge in [0.05, 0.1) is 0 Å². The number of anilines is 1. The maximum atomic E-state index is 12.5. The third kappa shape index (κ3) is 4.47. The van der Waals surface area contributed by atoms with E-state index in [1.165, 1.54) is 11.3 Å². The molecule has 0 spiro atoms. The fourth-order valence-electron chi connectivity index (χ4n) is 2.60. The number of benzene rings is 1. The van der Waals surface area contributed by atoms with Gasteiger partial charge >= 0.3 is 0 Å². The monoisotopic (exact) mass is 426 g/mol. The van der Waals surface area contributed by atoms with Crippen LogP contribution >= 0.6 is 11.3 Å². The van der Waals surface area contributed by atoms with Crippen molar-refractivity contribution in [3.63, 3.8) is 0 Å². The van der Waals surface area contributed by atoms with Crippen molar-refractivity contribution in [3.8, 4) is 17.4 Å². The van der Waals surface area contributed by atoms with Crippen LogP contribution < -0.4 is 9.46 Å². The SMILES string of the molecule is CCc1ccc(S(=O)(=O)Nc2ccc(Oc3ccc(-n4cccc4)nn3)cc2)s1. The highest BCUT2D eigenvalue weighted by Crippen LogP contribution is 2.26. The minimum atomic E-state index is -3.60. The third-order valence-corrected chi connectivity index (χ3v) is 7.18. The first-order valence-corrected chi connectivity index (χ1v) is 11.2. The van der Waals surface area contributed by atoms with Crippen LogP contribution in [0.25, 0.3) is 5.82 Å². The second-order valence-electron chi connectivity index (χ2n) is 6.13. The van der Waals surface area contributed by atoms with Gasteiger partial charge in [-0.15, -0.1) is 21.5 Å². The van der Waals surface area contributed by atoms with E-state index in [1.807, 2.05) is 42.1 Å². The van der Waals surface area contributed by atoms with Crippen molar-refractivity contribution in [2.45, 2.75) is 17.6 Å². The molecule has 29 heavy (non-hydrogen) atoms. The molecule has 1 N–H and O–H groups in total. The molecule has 0 unspecified atom stereocenters. The molecule has 4 aromatic rings. The van der Waals surface area contributed by atoms with Crippen molar-refractivity contribution >= 4 is 27.0 Å². The summed E-state index contributed by atoms with van der Waals surface area (Å²) in [5.74, 6) is 1.56. The average Bonchev–Trinajstić information content (AvgIpc) is 3.42. The summed E-state index contributed by atoms with van der Waals surface area (Å²) in [6.45, 7) is 1.99. The molecule has 0 fully saturated rings. The van der Waals surface area contributed by atoms with Crippen molar-refractivity contribution in [1.29, 1.82) is 0 Å². The van der Waals surface area contributed by atoms with Crippen LogP contribution in [-0.4, -0.2) is 23.2 Å². The third-order valence-electron chi connectivity index (χ3n) is 4.07. The van der Waals surface area contributed by atoms with Crippen LogP contribution in [0.2, 0.25) is 0 Å². The summed E-state index contributed by atoms with van der Waals surface area (Å²) in [6, 6.07) is 17.4. The minimum Gasteiger partial charge on any atom is -0.438 e. The Labute approximate surface area is 172 Å². The molecule has 4 rings (SSSR count). The van der Waals surface area contributed by atoms with Gasteiger partial charge in [0.1, 0.15) is 9.96 Å². The Morgan fingerprint density at radius 3 is 2.38 bits per heavy atom. The van der Waals surface area contributed by atoms with E-state index in [1.54, 1.807) is 42.5 Å². The van der Waals surface area contributed by atoms with Gasteiger partial charge in [0.2, 0.25) is 5.88 Å². The van der Waals surface area contributed by atoms with Gasteiger partial charge in [-0.25, -0.2) is 8.42 Å². The van der Waals surface area contributed by atoms with Gasteiger partial charge in [0.25, 0.3) is 10.0 Å². The van der Waals surface area contributed by atoms with Crippen LogP contribution in [0, 0.1) is 0 Å². The number of sulfonamides is 1. The molecule has 0 amide bonds. The highest BCUT2D eigenvalue weighted by molar-refractivity contribution is 7.94. The second kappa shape index (κ2) is 8.06. The Bertz CT molecular complexity index is 1180. The molecule has 0 atom stereocenters. The number of ether oxygens (including phenoxy) is 1. The van der Waals surface area contributed by atoms with Gasteiger partial charge < -0.3 is 9.30 Å². The molecule has 0 aliphatic carbocycles. The highest BCUT2D eigenvalue weighted by atomic mass is 32.2. The highest BCUT2D eigenvalue weighted by Gasteiger charge is 2.16. The zero-order valence-electron chi connectivity index (χ0n) is 15.5. The van der Waals surface area contributed by atoms with E-state index < -0.39 is 10.0 Å².